The Morgan fingerprint density at radius 1 is 0.320 bits per heavy atom. The molecule has 0 aliphatic heterocycles. The number of alkyl halides is 15. The average Bonchev–Trinajstić information content (AvgIpc) is 2.47. The van der Waals surface area contributed by atoms with Crippen molar-refractivity contribution in [3.8, 4) is 0 Å². The molecule has 15 heteroatoms. The quantitative estimate of drug-likeness (QED) is 0.497. The molecule has 0 amide bonds. The first-order valence-electron chi connectivity index (χ1n) is 5.83. The average molecular weight is 408 g/mol. The Hall–Kier alpha value is -1.05. The van der Waals surface area contributed by atoms with Crippen molar-refractivity contribution in [2.45, 2.75) is 59.5 Å². The van der Waals surface area contributed by atoms with E-state index in [4.69, 9.17) is 0 Å². The van der Waals surface area contributed by atoms with E-state index in [0.717, 1.165) is 0 Å². The molecule has 148 valence electrons. The van der Waals surface area contributed by atoms with Gasteiger partial charge in [-0.15, -0.1) is 0 Å². The lowest BCUT2D eigenvalue weighted by Crippen LogP contribution is -2.88. The molecule has 0 aromatic heterocycles. The lowest BCUT2D eigenvalue weighted by molar-refractivity contribution is -0.480. The third-order valence-corrected chi connectivity index (χ3v) is 4.59. The van der Waals surface area contributed by atoms with E-state index in [1.807, 2.05) is 0 Å². The molecule has 0 heterocycles. The fourth-order valence-electron chi connectivity index (χ4n) is 3.02. The van der Waals surface area contributed by atoms with Gasteiger partial charge in [0.25, 0.3) is 11.3 Å². The van der Waals surface area contributed by atoms with Gasteiger partial charge in [-0.3, -0.25) is 0 Å². The summed E-state index contributed by atoms with van der Waals surface area (Å²) in [6.45, 7) is -1.33. The Bertz CT molecular complexity index is 566. The Morgan fingerprint density at radius 2 is 0.560 bits per heavy atom. The molecule has 2 saturated carbocycles. The molecule has 0 bridgehead atoms. The van der Waals surface area contributed by atoms with E-state index >= 15 is 0 Å². The topological polar surface area (TPSA) is 0 Å². The SMILES string of the molecule is CC1(F)C(F)(F)C(F)(F)C2(F)C(F)(F)C(F)(F)C(F)(F)C(F)(F)C12F. The Balaban J connectivity index is 3.15. The molecule has 0 aromatic carbocycles. The number of rotatable bonds is 0. The Kier molecular flexibility index (Phi) is 3.20. The predicted octanol–water partition coefficient (Wildman–Crippen LogP) is 4.97. The molecule has 2 fully saturated rings. The van der Waals surface area contributed by atoms with Crippen molar-refractivity contribution in [2.24, 2.45) is 0 Å². The summed E-state index contributed by atoms with van der Waals surface area (Å²) in [4.78, 5) is 0. The lowest BCUT2D eigenvalue weighted by Gasteiger charge is -2.54. The standard InChI is InChI=1S/C10H3F15/c1-2(11)3(12)4(13,7(18,19)5(2,14)15)8(20,21)10(24,25)9(22,23)6(3,16)17/h1H3. The van der Waals surface area contributed by atoms with Crippen molar-refractivity contribution in [1.82, 2.24) is 0 Å². The van der Waals surface area contributed by atoms with Crippen molar-refractivity contribution < 1.29 is 65.9 Å². The molecule has 0 aromatic rings. The van der Waals surface area contributed by atoms with Crippen molar-refractivity contribution >= 4 is 0 Å². The normalized spacial score (nSPS) is 48.0. The van der Waals surface area contributed by atoms with Gasteiger partial charge >= 0.3 is 35.5 Å². The van der Waals surface area contributed by atoms with Crippen LogP contribution in [0.1, 0.15) is 6.92 Å². The van der Waals surface area contributed by atoms with Crippen molar-refractivity contribution in [2.75, 3.05) is 0 Å². The second-order valence-electron chi connectivity index (χ2n) is 5.77. The number of hydrogen-bond donors (Lipinski definition) is 0. The number of hydrogen-bond acceptors (Lipinski definition) is 0. The van der Waals surface area contributed by atoms with Gasteiger partial charge in [0.1, 0.15) is 0 Å². The van der Waals surface area contributed by atoms with E-state index in [1.54, 1.807) is 0 Å². The van der Waals surface area contributed by atoms with Gasteiger partial charge in [0.2, 0.25) is 5.67 Å². The molecule has 2 aliphatic rings. The van der Waals surface area contributed by atoms with Gasteiger partial charge in [0, 0.05) is 0 Å². The summed E-state index contributed by atoms with van der Waals surface area (Å²) >= 11 is 0. The first kappa shape index (κ1) is 20.3. The van der Waals surface area contributed by atoms with Crippen LogP contribution in [-0.2, 0) is 0 Å². The van der Waals surface area contributed by atoms with Crippen molar-refractivity contribution in [1.29, 1.82) is 0 Å². The monoisotopic (exact) mass is 408 g/mol. The molecule has 3 atom stereocenters. The van der Waals surface area contributed by atoms with E-state index in [9.17, 15) is 65.9 Å². The molecule has 0 saturated heterocycles. The zero-order chi connectivity index (χ0) is 20.5. The Labute approximate surface area is 126 Å². The van der Waals surface area contributed by atoms with Gasteiger partial charge in [-0.05, 0) is 6.92 Å². The summed E-state index contributed by atoms with van der Waals surface area (Å²) in [7, 11) is 0. The molecule has 0 spiro atoms. The van der Waals surface area contributed by atoms with Crippen LogP contribution in [0, 0.1) is 0 Å². The summed E-state index contributed by atoms with van der Waals surface area (Å²) in [6, 6.07) is 0. The van der Waals surface area contributed by atoms with Gasteiger partial charge < -0.3 is 0 Å². The first-order chi connectivity index (χ1) is 10.5. The van der Waals surface area contributed by atoms with Gasteiger partial charge in [-0.2, -0.15) is 52.7 Å². The molecule has 0 N–H and O–H groups in total. The van der Waals surface area contributed by atoms with E-state index in [-0.39, 0.29) is 0 Å². The van der Waals surface area contributed by atoms with E-state index in [1.165, 1.54) is 0 Å². The summed E-state index contributed by atoms with van der Waals surface area (Å²) in [5, 5.41) is 0. The van der Waals surface area contributed by atoms with Gasteiger partial charge in [0.15, 0.2) is 0 Å². The van der Waals surface area contributed by atoms with Crippen LogP contribution < -0.4 is 0 Å². The molecular weight excluding hydrogens is 405 g/mol. The number of fused-ring (bicyclic) bond motifs is 1. The van der Waals surface area contributed by atoms with Crippen LogP contribution >= 0.6 is 0 Å². The molecule has 0 nitrogen and oxygen atoms in total. The highest BCUT2D eigenvalue weighted by molar-refractivity contribution is 5.45. The Morgan fingerprint density at radius 3 is 0.880 bits per heavy atom. The van der Waals surface area contributed by atoms with E-state index in [0.29, 0.717) is 0 Å². The highest BCUT2D eigenvalue weighted by atomic mass is 19.4. The summed E-state index contributed by atoms with van der Waals surface area (Å²) in [6.07, 6.45) is 0. The first-order valence-corrected chi connectivity index (χ1v) is 5.83. The van der Waals surface area contributed by atoms with Crippen LogP contribution in [0.15, 0.2) is 0 Å². The van der Waals surface area contributed by atoms with Crippen molar-refractivity contribution in [3.05, 3.63) is 0 Å². The largest absolute Gasteiger partial charge is 0.382 e. The zero-order valence-corrected chi connectivity index (χ0v) is 11.2. The summed E-state index contributed by atoms with van der Waals surface area (Å²) in [5.41, 5.74) is -21.6. The molecule has 2 rings (SSSR count). The fourth-order valence-corrected chi connectivity index (χ4v) is 3.02. The minimum absolute atomic E-state index is 1.33. The smallest absolute Gasteiger partial charge is 0.233 e. The third-order valence-electron chi connectivity index (χ3n) is 4.59. The zero-order valence-electron chi connectivity index (χ0n) is 11.2. The van der Waals surface area contributed by atoms with E-state index < -0.39 is 59.5 Å². The maximum absolute atomic E-state index is 14.3. The minimum Gasteiger partial charge on any atom is -0.233 e. The fraction of sp³-hybridized carbons (Fsp3) is 1.00. The molecule has 25 heavy (non-hydrogen) atoms. The van der Waals surface area contributed by atoms with Crippen LogP contribution in [0.3, 0.4) is 0 Å². The minimum atomic E-state index is -7.86. The van der Waals surface area contributed by atoms with Crippen molar-refractivity contribution in [3.63, 3.8) is 0 Å². The molecule has 3 unspecified atom stereocenters. The van der Waals surface area contributed by atoms with Crippen LogP contribution in [0.25, 0.3) is 0 Å². The molecule has 2 aliphatic carbocycles. The lowest BCUT2D eigenvalue weighted by atomic mass is 9.63. The predicted molar refractivity (Wildman–Crippen MR) is 46.9 cm³/mol. The van der Waals surface area contributed by atoms with Crippen LogP contribution in [-0.4, -0.2) is 52.5 Å². The van der Waals surface area contributed by atoms with E-state index in [2.05, 4.69) is 0 Å². The second-order valence-corrected chi connectivity index (χ2v) is 5.77. The highest BCUT2D eigenvalue weighted by Gasteiger charge is 3.14. The number of halogens is 15. The third kappa shape index (κ3) is 1.27. The van der Waals surface area contributed by atoms with Crippen LogP contribution in [0.5, 0.6) is 0 Å². The molecular formula is C10H3F15. The summed E-state index contributed by atoms with van der Waals surface area (Å²) < 4.78 is 202. The van der Waals surface area contributed by atoms with Gasteiger partial charge in [-0.1, -0.05) is 0 Å². The maximum Gasteiger partial charge on any atom is 0.382 e. The summed E-state index contributed by atoms with van der Waals surface area (Å²) in [5.74, 6) is -45.8. The molecule has 0 radical (unpaired) electrons. The van der Waals surface area contributed by atoms with Crippen LogP contribution in [0.2, 0.25) is 0 Å². The highest BCUT2D eigenvalue weighted by Crippen LogP contribution is 2.81. The van der Waals surface area contributed by atoms with Crippen LogP contribution in [0.4, 0.5) is 65.9 Å². The maximum atomic E-state index is 14.3. The second kappa shape index (κ2) is 3.94. The van der Waals surface area contributed by atoms with Gasteiger partial charge in [0.05, 0.1) is 0 Å². The van der Waals surface area contributed by atoms with Gasteiger partial charge in [-0.25, -0.2) is 13.2 Å².